The van der Waals surface area contributed by atoms with Crippen LogP contribution in [0.3, 0.4) is 0 Å². The van der Waals surface area contributed by atoms with Crippen molar-refractivity contribution in [1.82, 2.24) is 14.8 Å². The molecule has 0 aliphatic heterocycles. The van der Waals surface area contributed by atoms with Crippen LogP contribution in [0.5, 0.6) is 0 Å². The number of carbonyl (C=O) groups is 1. The zero-order valence-electron chi connectivity index (χ0n) is 12.1. The highest BCUT2D eigenvalue weighted by atomic mass is 79.9. The van der Waals surface area contributed by atoms with E-state index in [0.29, 0.717) is 11.5 Å². The van der Waals surface area contributed by atoms with Gasteiger partial charge in [0.15, 0.2) is 5.69 Å². The molecule has 6 heteroatoms. The average Bonchev–Trinajstić information content (AvgIpc) is 2.80. The van der Waals surface area contributed by atoms with E-state index in [9.17, 15) is 4.79 Å². The van der Waals surface area contributed by atoms with Crippen LogP contribution in [0.4, 0.5) is 5.82 Å². The topological polar surface area (TPSA) is 59.8 Å². The Labute approximate surface area is 131 Å². The highest BCUT2D eigenvalue weighted by molar-refractivity contribution is 9.10. The Bertz CT molecular complexity index is 708. The summed E-state index contributed by atoms with van der Waals surface area (Å²) in [6.45, 7) is 1.92. The SMILES string of the molecule is Cc1cc(Br)cnc1NC(=O)c1nn(C)c2c1CCCC2. The Hall–Kier alpha value is -1.69. The van der Waals surface area contributed by atoms with E-state index in [2.05, 4.69) is 31.3 Å². The number of carbonyl (C=O) groups excluding carboxylic acids is 1. The van der Waals surface area contributed by atoms with Crippen molar-refractivity contribution in [2.24, 2.45) is 7.05 Å². The largest absolute Gasteiger partial charge is 0.305 e. The van der Waals surface area contributed by atoms with E-state index >= 15 is 0 Å². The van der Waals surface area contributed by atoms with Gasteiger partial charge in [0, 0.05) is 29.0 Å². The molecule has 0 fully saturated rings. The number of aryl methyl sites for hydroxylation is 2. The van der Waals surface area contributed by atoms with Crippen LogP contribution in [-0.2, 0) is 19.9 Å². The van der Waals surface area contributed by atoms with Crippen molar-refractivity contribution >= 4 is 27.7 Å². The van der Waals surface area contributed by atoms with Crippen LogP contribution in [0.2, 0.25) is 0 Å². The summed E-state index contributed by atoms with van der Waals surface area (Å²) in [5, 5.41) is 7.27. The summed E-state index contributed by atoms with van der Waals surface area (Å²) in [4.78, 5) is 16.7. The molecular weight excluding hydrogens is 332 g/mol. The lowest BCUT2D eigenvalue weighted by molar-refractivity contribution is 0.102. The summed E-state index contributed by atoms with van der Waals surface area (Å²) in [6, 6.07) is 1.93. The maximum absolute atomic E-state index is 12.5. The van der Waals surface area contributed by atoms with E-state index in [1.807, 2.05) is 24.7 Å². The fraction of sp³-hybridized carbons (Fsp3) is 0.400. The Balaban J connectivity index is 1.89. The number of nitrogens with one attached hydrogen (secondary N) is 1. The lowest BCUT2D eigenvalue weighted by Gasteiger charge is -2.12. The van der Waals surface area contributed by atoms with Crippen LogP contribution in [0.25, 0.3) is 0 Å². The van der Waals surface area contributed by atoms with Gasteiger partial charge in [-0.1, -0.05) is 0 Å². The van der Waals surface area contributed by atoms with E-state index in [1.165, 1.54) is 12.1 Å². The van der Waals surface area contributed by atoms with Crippen LogP contribution in [0, 0.1) is 6.92 Å². The van der Waals surface area contributed by atoms with Gasteiger partial charge < -0.3 is 5.32 Å². The zero-order valence-corrected chi connectivity index (χ0v) is 13.7. The van der Waals surface area contributed by atoms with Gasteiger partial charge in [0.1, 0.15) is 5.82 Å². The Morgan fingerprint density at radius 2 is 2.14 bits per heavy atom. The number of aromatic nitrogens is 3. The summed E-state index contributed by atoms with van der Waals surface area (Å²) in [5.41, 5.74) is 3.74. The number of hydrogen-bond donors (Lipinski definition) is 1. The summed E-state index contributed by atoms with van der Waals surface area (Å²) < 4.78 is 2.74. The molecular formula is C15H17BrN4O. The van der Waals surface area contributed by atoms with Crippen molar-refractivity contribution < 1.29 is 4.79 Å². The van der Waals surface area contributed by atoms with Crippen molar-refractivity contribution in [3.05, 3.63) is 39.3 Å². The van der Waals surface area contributed by atoms with Gasteiger partial charge in [0.25, 0.3) is 5.91 Å². The number of rotatable bonds is 2. The van der Waals surface area contributed by atoms with Crippen molar-refractivity contribution in [2.75, 3.05) is 5.32 Å². The monoisotopic (exact) mass is 348 g/mol. The normalized spacial score (nSPS) is 13.9. The Kier molecular flexibility index (Phi) is 3.80. The van der Waals surface area contributed by atoms with Crippen molar-refractivity contribution in [1.29, 1.82) is 0 Å². The van der Waals surface area contributed by atoms with Gasteiger partial charge in [0.2, 0.25) is 0 Å². The van der Waals surface area contributed by atoms with Crippen LogP contribution in [0.15, 0.2) is 16.7 Å². The molecule has 0 saturated heterocycles. The number of amides is 1. The summed E-state index contributed by atoms with van der Waals surface area (Å²) >= 11 is 3.37. The lowest BCUT2D eigenvalue weighted by atomic mass is 9.95. The number of nitrogens with zero attached hydrogens (tertiary/aromatic N) is 3. The van der Waals surface area contributed by atoms with E-state index in [4.69, 9.17) is 0 Å². The third-order valence-corrected chi connectivity index (χ3v) is 4.29. The van der Waals surface area contributed by atoms with Gasteiger partial charge >= 0.3 is 0 Å². The maximum Gasteiger partial charge on any atom is 0.277 e. The molecule has 3 rings (SSSR count). The summed E-state index contributed by atoms with van der Waals surface area (Å²) in [6.07, 6.45) is 5.90. The molecule has 5 nitrogen and oxygen atoms in total. The first-order chi connectivity index (χ1) is 10.1. The van der Waals surface area contributed by atoms with E-state index in [0.717, 1.165) is 34.9 Å². The van der Waals surface area contributed by atoms with Crippen molar-refractivity contribution in [3.8, 4) is 0 Å². The molecule has 0 spiro atoms. The first-order valence-corrected chi connectivity index (χ1v) is 7.84. The molecule has 0 bridgehead atoms. The van der Waals surface area contributed by atoms with Crippen molar-refractivity contribution in [2.45, 2.75) is 32.6 Å². The maximum atomic E-state index is 12.5. The van der Waals surface area contributed by atoms with Crippen LogP contribution in [0.1, 0.15) is 40.2 Å². The summed E-state index contributed by atoms with van der Waals surface area (Å²) in [7, 11) is 1.91. The minimum absolute atomic E-state index is 0.174. The predicted octanol–water partition coefficient (Wildman–Crippen LogP) is 3.02. The van der Waals surface area contributed by atoms with Crippen LogP contribution in [-0.4, -0.2) is 20.7 Å². The predicted molar refractivity (Wildman–Crippen MR) is 84.5 cm³/mol. The van der Waals surface area contributed by atoms with Gasteiger partial charge in [-0.15, -0.1) is 0 Å². The average molecular weight is 349 g/mol. The number of pyridine rings is 1. The third-order valence-electron chi connectivity index (χ3n) is 3.86. The van der Waals surface area contributed by atoms with E-state index < -0.39 is 0 Å². The van der Waals surface area contributed by atoms with Crippen molar-refractivity contribution in [3.63, 3.8) is 0 Å². The fourth-order valence-electron chi connectivity index (χ4n) is 2.79. The molecule has 110 valence electrons. The highest BCUT2D eigenvalue weighted by Crippen LogP contribution is 2.25. The summed E-state index contributed by atoms with van der Waals surface area (Å²) in [5.74, 6) is 0.407. The van der Waals surface area contributed by atoms with Gasteiger partial charge in [0.05, 0.1) is 0 Å². The molecule has 0 radical (unpaired) electrons. The van der Waals surface area contributed by atoms with Crippen LogP contribution < -0.4 is 5.32 Å². The molecule has 0 aromatic carbocycles. The molecule has 2 aromatic rings. The molecule has 1 aliphatic rings. The number of fused-ring (bicyclic) bond motifs is 1. The molecule has 1 aliphatic carbocycles. The first kappa shape index (κ1) is 14.3. The quantitative estimate of drug-likeness (QED) is 0.907. The molecule has 0 saturated carbocycles. The third kappa shape index (κ3) is 2.72. The second-order valence-electron chi connectivity index (χ2n) is 5.38. The first-order valence-electron chi connectivity index (χ1n) is 7.04. The van der Waals surface area contributed by atoms with Gasteiger partial charge in [-0.25, -0.2) is 4.98 Å². The minimum Gasteiger partial charge on any atom is -0.305 e. The Morgan fingerprint density at radius 1 is 1.38 bits per heavy atom. The molecule has 1 amide bonds. The molecule has 2 aromatic heterocycles. The number of anilines is 1. The molecule has 2 heterocycles. The second-order valence-corrected chi connectivity index (χ2v) is 6.29. The zero-order chi connectivity index (χ0) is 15.0. The minimum atomic E-state index is -0.174. The fourth-order valence-corrected chi connectivity index (χ4v) is 3.24. The molecule has 0 atom stereocenters. The molecule has 1 N–H and O–H groups in total. The second kappa shape index (κ2) is 5.60. The molecule has 0 unspecified atom stereocenters. The number of halogens is 1. The van der Waals surface area contributed by atoms with Crippen LogP contribution >= 0.6 is 15.9 Å². The smallest absolute Gasteiger partial charge is 0.277 e. The Morgan fingerprint density at radius 3 is 2.90 bits per heavy atom. The molecule has 21 heavy (non-hydrogen) atoms. The highest BCUT2D eigenvalue weighted by Gasteiger charge is 2.24. The van der Waals surface area contributed by atoms with Gasteiger partial charge in [-0.2, -0.15) is 5.10 Å². The van der Waals surface area contributed by atoms with Gasteiger partial charge in [-0.3, -0.25) is 9.48 Å². The number of hydrogen-bond acceptors (Lipinski definition) is 3. The standard InChI is InChI=1S/C15H17BrN4O/c1-9-7-10(16)8-17-14(9)18-15(21)13-11-5-3-4-6-12(11)20(2)19-13/h7-8H,3-6H2,1-2H3,(H,17,18,21). The van der Waals surface area contributed by atoms with E-state index in [1.54, 1.807) is 6.20 Å². The van der Waals surface area contributed by atoms with E-state index in [-0.39, 0.29) is 5.91 Å². The lowest BCUT2D eigenvalue weighted by Crippen LogP contribution is -2.17. The van der Waals surface area contributed by atoms with Gasteiger partial charge in [-0.05, 0) is 60.2 Å².